The summed E-state index contributed by atoms with van der Waals surface area (Å²) in [5.74, 6) is 0.355. The number of hydrogen-bond acceptors (Lipinski definition) is 3. The molecule has 0 spiro atoms. The normalized spacial score (nSPS) is 15.7. The molecule has 18 heavy (non-hydrogen) atoms. The highest BCUT2D eigenvalue weighted by atomic mass is 16.2. The third-order valence-corrected chi connectivity index (χ3v) is 2.92. The van der Waals surface area contributed by atoms with E-state index < -0.39 is 6.03 Å². The number of amides is 3. The van der Waals surface area contributed by atoms with Crippen LogP contribution in [0.4, 0.5) is 4.79 Å². The molecule has 5 nitrogen and oxygen atoms in total. The summed E-state index contributed by atoms with van der Waals surface area (Å²) < 4.78 is 0. The van der Waals surface area contributed by atoms with Crippen molar-refractivity contribution in [2.75, 3.05) is 6.54 Å². The summed E-state index contributed by atoms with van der Waals surface area (Å²) in [6, 6.07) is 8.43. The van der Waals surface area contributed by atoms with Gasteiger partial charge >= 0.3 is 6.03 Å². The lowest BCUT2D eigenvalue weighted by Gasteiger charge is -2.11. The van der Waals surface area contributed by atoms with Gasteiger partial charge in [-0.3, -0.25) is 9.69 Å². The summed E-state index contributed by atoms with van der Waals surface area (Å²) in [6.07, 6.45) is 0.997. The fourth-order valence-electron chi connectivity index (χ4n) is 2.02. The topological polar surface area (TPSA) is 87.2 Å². The summed E-state index contributed by atoms with van der Waals surface area (Å²) >= 11 is 0. The van der Waals surface area contributed by atoms with E-state index in [2.05, 4.69) is 6.07 Å². The molecule has 3 amide bonds. The van der Waals surface area contributed by atoms with Gasteiger partial charge in [-0.05, 0) is 30.5 Å². The highest BCUT2D eigenvalue weighted by molar-refractivity contribution is 6.03. The van der Waals surface area contributed by atoms with Crippen LogP contribution in [-0.4, -0.2) is 23.4 Å². The predicted octanol–water partition coefficient (Wildman–Crippen LogP) is 0.986. The maximum Gasteiger partial charge on any atom is 0.321 e. The molecule has 2 rings (SSSR count). The van der Waals surface area contributed by atoms with Gasteiger partial charge < -0.3 is 5.73 Å². The van der Waals surface area contributed by atoms with E-state index in [0.717, 1.165) is 10.5 Å². The highest BCUT2D eigenvalue weighted by Gasteiger charge is 2.34. The zero-order valence-corrected chi connectivity index (χ0v) is 9.72. The number of benzene rings is 1. The fraction of sp³-hybridized carbons (Fsp3) is 0.231. The molecule has 0 saturated carbocycles. The molecule has 0 aliphatic carbocycles. The molecule has 1 aliphatic rings. The maximum absolute atomic E-state index is 11.8. The molecule has 1 aromatic rings. The molecular weight excluding hydrogens is 230 g/mol. The number of hydrogen-bond donors (Lipinski definition) is 1. The van der Waals surface area contributed by atoms with Crippen molar-refractivity contribution in [3.63, 3.8) is 0 Å². The second kappa shape index (κ2) is 4.88. The maximum atomic E-state index is 11.8. The van der Waals surface area contributed by atoms with Gasteiger partial charge in [-0.15, -0.1) is 0 Å². The Hall–Kier alpha value is -2.35. The number of carbonyl (C=O) groups excluding carboxylic acids is 2. The van der Waals surface area contributed by atoms with Crippen LogP contribution in [0.15, 0.2) is 24.3 Å². The highest BCUT2D eigenvalue weighted by Crippen LogP contribution is 2.24. The lowest BCUT2D eigenvalue weighted by molar-refractivity contribution is -0.123. The number of primary amides is 1. The van der Waals surface area contributed by atoms with Gasteiger partial charge in [-0.2, -0.15) is 5.26 Å². The second-order valence-electron chi connectivity index (χ2n) is 4.14. The minimum absolute atomic E-state index is 0.301. The van der Waals surface area contributed by atoms with E-state index in [1.807, 2.05) is 6.07 Å². The zero-order chi connectivity index (χ0) is 13.1. The molecule has 0 unspecified atom stereocenters. The lowest BCUT2D eigenvalue weighted by Crippen LogP contribution is -2.37. The van der Waals surface area contributed by atoms with Crippen molar-refractivity contribution in [2.45, 2.75) is 12.8 Å². The molecule has 1 saturated heterocycles. The molecular formula is C13H12N3O2. The number of nitriles is 1. The van der Waals surface area contributed by atoms with Crippen molar-refractivity contribution in [3.05, 3.63) is 41.3 Å². The molecule has 1 aromatic carbocycles. The van der Waals surface area contributed by atoms with Crippen molar-refractivity contribution < 1.29 is 9.59 Å². The van der Waals surface area contributed by atoms with Crippen LogP contribution in [0.3, 0.4) is 0 Å². The molecule has 1 aliphatic heterocycles. The molecule has 0 aromatic heterocycles. The fourth-order valence-corrected chi connectivity index (χ4v) is 2.02. The van der Waals surface area contributed by atoms with Crippen molar-refractivity contribution in [1.29, 1.82) is 5.26 Å². The Labute approximate surface area is 105 Å². The first kappa shape index (κ1) is 12.1. The van der Waals surface area contributed by atoms with Crippen LogP contribution in [0.1, 0.15) is 17.5 Å². The van der Waals surface area contributed by atoms with Gasteiger partial charge in [0.05, 0.1) is 17.6 Å². The van der Waals surface area contributed by atoms with Crippen LogP contribution in [0.2, 0.25) is 0 Å². The summed E-state index contributed by atoms with van der Waals surface area (Å²) in [5, 5.41) is 8.80. The number of carbonyl (C=O) groups is 2. The third-order valence-electron chi connectivity index (χ3n) is 2.92. The van der Waals surface area contributed by atoms with E-state index in [0.29, 0.717) is 30.9 Å². The van der Waals surface area contributed by atoms with E-state index in [4.69, 9.17) is 11.0 Å². The van der Waals surface area contributed by atoms with Crippen LogP contribution in [0.25, 0.3) is 0 Å². The van der Waals surface area contributed by atoms with Crippen molar-refractivity contribution >= 4 is 11.9 Å². The number of urea groups is 1. The van der Waals surface area contributed by atoms with Crippen LogP contribution in [-0.2, 0) is 11.2 Å². The Morgan fingerprint density at radius 1 is 1.50 bits per heavy atom. The number of rotatable bonds is 2. The average Bonchev–Trinajstić information content (AvgIpc) is 2.71. The van der Waals surface area contributed by atoms with Crippen LogP contribution in [0.5, 0.6) is 0 Å². The molecule has 0 bridgehead atoms. The van der Waals surface area contributed by atoms with Crippen LogP contribution >= 0.6 is 0 Å². The molecule has 91 valence electrons. The minimum Gasteiger partial charge on any atom is -0.351 e. The molecule has 0 atom stereocenters. The Morgan fingerprint density at radius 3 is 2.89 bits per heavy atom. The van der Waals surface area contributed by atoms with E-state index in [-0.39, 0.29) is 5.91 Å². The number of nitrogens with two attached hydrogens (primary N) is 1. The predicted molar refractivity (Wildman–Crippen MR) is 64.0 cm³/mol. The molecule has 2 N–H and O–H groups in total. The van der Waals surface area contributed by atoms with Gasteiger partial charge in [-0.1, -0.05) is 12.1 Å². The Bertz CT molecular complexity index is 533. The minimum atomic E-state index is -0.708. The lowest BCUT2D eigenvalue weighted by atomic mass is 9.97. The van der Waals surface area contributed by atoms with Gasteiger partial charge in [0.15, 0.2) is 0 Å². The van der Waals surface area contributed by atoms with Gasteiger partial charge in [-0.25, -0.2) is 4.79 Å². The van der Waals surface area contributed by atoms with E-state index in [9.17, 15) is 9.59 Å². The molecule has 1 fully saturated rings. The number of imide groups is 1. The largest absolute Gasteiger partial charge is 0.351 e. The monoisotopic (exact) mass is 242 g/mol. The summed E-state index contributed by atoms with van der Waals surface area (Å²) in [5.41, 5.74) is 6.55. The first-order valence-corrected chi connectivity index (χ1v) is 5.57. The quantitative estimate of drug-likeness (QED) is 0.838. The van der Waals surface area contributed by atoms with E-state index in [1.165, 1.54) is 0 Å². The first-order chi connectivity index (χ1) is 8.61. The third kappa shape index (κ3) is 2.33. The summed E-state index contributed by atoms with van der Waals surface area (Å²) in [4.78, 5) is 23.9. The van der Waals surface area contributed by atoms with E-state index in [1.54, 1.807) is 18.2 Å². The Kier molecular flexibility index (Phi) is 3.28. The van der Waals surface area contributed by atoms with Gasteiger partial charge in [0.25, 0.3) is 0 Å². The smallest absolute Gasteiger partial charge is 0.321 e. The number of likely N-dealkylation sites (tertiary alicyclic amines) is 1. The average molecular weight is 242 g/mol. The summed E-state index contributed by atoms with van der Waals surface area (Å²) in [6.45, 7) is 0.349. The number of nitrogens with zero attached hydrogens (tertiary/aromatic N) is 2. The van der Waals surface area contributed by atoms with Gasteiger partial charge in [0.2, 0.25) is 5.91 Å². The second-order valence-corrected chi connectivity index (χ2v) is 4.14. The van der Waals surface area contributed by atoms with Crippen molar-refractivity contribution in [1.82, 2.24) is 4.90 Å². The zero-order valence-electron chi connectivity index (χ0n) is 9.72. The SMILES string of the molecule is N#Cc1cccc(C[C]2CCN(C(N)=O)C2=O)c1. The van der Waals surface area contributed by atoms with Gasteiger partial charge in [0.1, 0.15) is 0 Å². The van der Waals surface area contributed by atoms with E-state index >= 15 is 0 Å². The van der Waals surface area contributed by atoms with Crippen molar-refractivity contribution in [3.8, 4) is 6.07 Å². The van der Waals surface area contributed by atoms with Crippen LogP contribution < -0.4 is 5.73 Å². The summed E-state index contributed by atoms with van der Waals surface area (Å²) in [7, 11) is 0. The molecule has 5 heteroatoms. The van der Waals surface area contributed by atoms with Crippen LogP contribution in [0, 0.1) is 17.2 Å². The Morgan fingerprint density at radius 2 is 2.28 bits per heavy atom. The Balaban J connectivity index is 2.09. The standard InChI is InChI=1S/C13H12N3O2/c14-8-10-3-1-2-9(6-10)7-11-4-5-16(12(11)17)13(15)18/h1-3,6H,4-5,7H2,(H2,15,18). The first-order valence-electron chi connectivity index (χ1n) is 5.57. The molecule has 1 heterocycles. The van der Waals surface area contributed by atoms with Crippen molar-refractivity contribution in [2.24, 2.45) is 5.73 Å². The molecule has 1 radical (unpaired) electrons. The van der Waals surface area contributed by atoms with Gasteiger partial charge in [0, 0.05) is 6.54 Å².